The fourth-order valence-corrected chi connectivity index (χ4v) is 1.95. The monoisotopic (exact) mass is 241 g/mol. The van der Waals surface area contributed by atoms with Gasteiger partial charge in [-0.1, -0.05) is 0 Å². The molecule has 1 aromatic carbocycles. The third-order valence-electron chi connectivity index (χ3n) is 2.86. The van der Waals surface area contributed by atoms with Gasteiger partial charge in [0.25, 0.3) is 0 Å². The summed E-state index contributed by atoms with van der Waals surface area (Å²) >= 11 is 0. The van der Waals surface area contributed by atoms with Gasteiger partial charge in [-0.3, -0.25) is 0 Å². The summed E-state index contributed by atoms with van der Waals surface area (Å²) < 4.78 is 1.82. The lowest BCUT2D eigenvalue weighted by Gasteiger charge is -2.07. The summed E-state index contributed by atoms with van der Waals surface area (Å²) in [5, 5.41) is 8.23. The Bertz CT molecular complexity index is 694. The van der Waals surface area contributed by atoms with Crippen molar-refractivity contribution in [3.8, 4) is 5.69 Å². The van der Waals surface area contributed by atoms with Crippen LogP contribution in [0.4, 0.5) is 5.95 Å². The Morgan fingerprint density at radius 1 is 1.28 bits per heavy atom. The molecule has 2 heterocycles. The predicted octanol–water partition coefficient (Wildman–Crippen LogP) is 2.41. The first kappa shape index (κ1) is 10.7. The summed E-state index contributed by atoms with van der Waals surface area (Å²) in [6.07, 6.45) is 3.68. The van der Waals surface area contributed by atoms with E-state index in [1.807, 2.05) is 43.0 Å². The van der Waals surface area contributed by atoms with Gasteiger partial charge in [0.15, 0.2) is 0 Å². The molecule has 0 spiro atoms. The number of nitrogens with one attached hydrogen (secondary N) is 1. The Morgan fingerprint density at radius 2 is 2.17 bits per heavy atom. The maximum absolute atomic E-state index is 4.43. The molecule has 0 saturated carbocycles. The molecule has 5 heteroatoms. The topological polar surface area (TPSA) is 55.6 Å². The Kier molecular flexibility index (Phi) is 2.44. The van der Waals surface area contributed by atoms with Crippen molar-refractivity contribution < 1.29 is 1.43 Å². The van der Waals surface area contributed by atoms with E-state index in [1.54, 1.807) is 6.20 Å². The molecule has 3 aromatic rings. The second-order valence-electron chi connectivity index (χ2n) is 4.03. The molecule has 0 aliphatic rings. The predicted molar refractivity (Wildman–Crippen MR) is 73.1 cm³/mol. The van der Waals surface area contributed by atoms with E-state index in [0.717, 1.165) is 22.3 Å². The van der Waals surface area contributed by atoms with Gasteiger partial charge in [-0.05, 0) is 31.2 Å². The average Bonchev–Trinajstić information content (AvgIpc) is 2.92. The van der Waals surface area contributed by atoms with Crippen molar-refractivity contribution in [1.82, 2.24) is 19.7 Å². The summed E-state index contributed by atoms with van der Waals surface area (Å²) in [6, 6.07) is 7.94. The van der Waals surface area contributed by atoms with Gasteiger partial charge >= 0.3 is 0 Å². The van der Waals surface area contributed by atoms with Gasteiger partial charge in [0.2, 0.25) is 5.95 Å². The van der Waals surface area contributed by atoms with E-state index in [1.165, 1.54) is 0 Å². The highest BCUT2D eigenvalue weighted by Crippen LogP contribution is 2.20. The lowest BCUT2D eigenvalue weighted by Crippen LogP contribution is -2.00. The number of fused-ring (bicyclic) bond motifs is 1. The molecule has 0 unspecified atom stereocenters. The Hall–Kier alpha value is -2.43. The molecule has 2 aromatic heterocycles. The van der Waals surface area contributed by atoms with Crippen LogP contribution in [0.25, 0.3) is 16.6 Å². The first-order chi connectivity index (χ1) is 8.78. The van der Waals surface area contributed by atoms with Crippen molar-refractivity contribution in [3.05, 3.63) is 42.4 Å². The third-order valence-corrected chi connectivity index (χ3v) is 2.86. The van der Waals surface area contributed by atoms with Gasteiger partial charge in [-0.15, -0.1) is 0 Å². The van der Waals surface area contributed by atoms with E-state index in [-0.39, 0.29) is 1.43 Å². The number of benzene rings is 1. The van der Waals surface area contributed by atoms with Crippen molar-refractivity contribution in [2.24, 2.45) is 0 Å². The molecule has 0 bridgehead atoms. The van der Waals surface area contributed by atoms with E-state index in [9.17, 15) is 0 Å². The number of hydrogen-bond donors (Lipinski definition) is 1. The number of nitrogens with zero attached hydrogens (tertiary/aromatic N) is 4. The molecule has 0 amide bonds. The van der Waals surface area contributed by atoms with Crippen LogP contribution in [0.5, 0.6) is 0 Å². The van der Waals surface area contributed by atoms with Crippen LogP contribution in [-0.2, 0) is 0 Å². The quantitative estimate of drug-likeness (QED) is 0.748. The minimum atomic E-state index is 0. The van der Waals surface area contributed by atoms with E-state index < -0.39 is 0 Å². The van der Waals surface area contributed by atoms with Crippen LogP contribution in [0, 0.1) is 6.92 Å². The Morgan fingerprint density at radius 3 is 2.89 bits per heavy atom. The van der Waals surface area contributed by atoms with E-state index >= 15 is 0 Å². The number of anilines is 1. The smallest absolute Gasteiger partial charge is 0.223 e. The summed E-state index contributed by atoms with van der Waals surface area (Å²) in [4.78, 5) is 8.82. The number of aryl methyl sites for hydroxylation is 1. The minimum Gasteiger partial charge on any atom is -0.357 e. The van der Waals surface area contributed by atoms with Crippen molar-refractivity contribution in [2.75, 3.05) is 12.4 Å². The van der Waals surface area contributed by atoms with Crippen LogP contribution >= 0.6 is 0 Å². The highest BCUT2D eigenvalue weighted by atomic mass is 15.3. The van der Waals surface area contributed by atoms with Gasteiger partial charge in [0.1, 0.15) is 0 Å². The van der Waals surface area contributed by atoms with Crippen LogP contribution < -0.4 is 5.32 Å². The van der Waals surface area contributed by atoms with E-state index in [2.05, 4.69) is 26.4 Å². The number of hydrogen-bond acceptors (Lipinski definition) is 4. The number of rotatable bonds is 2. The van der Waals surface area contributed by atoms with Crippen molar-refractivity contribution in [1.29, 1.82) is 0 Å². The molecule has 1 N–H and O–H groups in total. The van der Waals surface area contributed by atoms with Crippen LogP contribution in [0.1, 0.15) is 7.12 Å². The van der Waals surface area contributed by atoms with Gasteiger partial charge < -0.3 is 5.32 Å². The van der Waals surface area contributed by atoms with Crippen LogP contribution in [0.2, 0.25) is 0 Å². The summed E-state index contributed by atoms with van der Waals surface area (Å²) in [5.74, 6) is 0.645. The molecule has 3 rings (SSSR count). The zero-order chi connectivity index (χ0) is 12.5. The molecule has 0 saturated heterocycles. The third kappa shape index (κ3) is 1.69. The van der Waals surface area contributed by atoms with Crippen molar-refractivity contribution >= 4 is 16.9 Å². The SMILES string of the molecule is CNc1nc(C)c2cc(-n3cccn3)ccc2n1.[HH]. The Labute approximate surface area is 106 Å². The lowest BCUT2D eigenvalue weighted by atomic mass is 10.2. The standard InChI is InChI=1S/C13H13N5.H2/c1-9-11-8-10(18-7-3-6-15-18)4-5-12(11)17-13(14-2)16-9;/h3-8H,1-2H3,(H,14,16,17);1H. The number of aromatic nitrogens is 4. The highest BCUT2D eigenvalue weighted by Gasteiger charge is 2.05. The molecule has 0 radical (unpaired) electrons. The average molecular weight is 241 g/mol. The van der Waals surface area contributed by atoms with Crippen molar-refractivity contribution in [2.45, 2.75) is 6.92 Å². The molecule has 92 valence electrons. The molecule has 5 nitrogen and oxygen atoms in total. The fraction of sp³-hybridized carbons (Fsp3) is 0.154. The van der Waals surface area contributed by atoms with Gasteiger partial charge in [0, 0.05) is 26.3 Å². The summed E-state index contributed by atoms with van der Waals surface area (Å²) in [5.41, 5.74) is 2.90. The zero-order valence-electron chi connectivity index (χ0n) is 10.3. The molecule has 18 heavy (non-hydrogen) atoms. The second kappa shape index (κ2) is 4.10. The normalized spacial score (nSPS) is 10.8. The van der Waals surface area contributed by atoms with Crippen LogP contribution in [0.15, 0.2) is 36.7 Å². The zero-order valence-corrected chi connectivity index (χ0v) is 10.3. The molecule has 0 aliphatic heterocycles. The molecular weight excluding hydrogens is 226 g/mol. The lowest BCUT2D eigenvalue weighted by molar-refractivity contribution is 0.881. The fourth-order valence-electron chi connectivity index (χ4n) is 1.95. The second-order valence-corrected chi connectivity index (χ2v) is 4.03. The Balaban J connectivity index is 0.00000133. The van der Waals surface area contributed by atoms with E-state index in [4.69, 9.17) is 0 Å². The van der Waals surface area contributed by atoms with Gasteiger partial charge in [-0.2, -0.15) is 5.10 Å². The highest BCUT2D eigenvalue weighted by molar-refractivity contribution is 5.83. The first-order valence-corrected chi connectivity index (χ1v) is 5.74. The molecular formula is C13H15N5. The maximum atomic E-state index is 4.43. The maximum Gasteiger partial charge on any atom is 0.223 e. The molecule has 0 aliphatic carbocycles. The van der Waals surface area contributed by atoms with Gasteiger partial charge in [-0.25, -0.2) is 14.6 Å². The minimum absolute atomic E-state index is 0. The molecule has 0 fully saturated rings. The van der Waals surface area contributed by atoms with E-state index in [0.29, 0.717) is 5.95 Å². The molecule has 0 atom stereocenters. The largest absolute Gasteiger partial charge is 0.357 e. The van der Waals surface area contributed by atoms with Crippen LogP contribution in [0.3, 0.4) is 0 Å². The van der Waals surface area contributed by atoms with Gasteiger partial charge in [0.05, 0.1) is 16.9 Å². The summed E-state index contributed by atoms with van der Waals surface area (Å²) in [6.45, 7) is 1.98. The summed E-state index contributed by atoms with van der Waals surface area (Å²) in [7, 11) is 1.82. The van der Waals surface area contributed by atoms with Crippen molar-refractivity contribution in [3.63, 3.8) is 0 Å². The van der Waals surface area contributed by atoms with Crippen LogP contribution in [-0.4, -0.2) is 26.8 Å². The first-order valence-electron chi connectivity index (χ1n) is 5.74.